The molecule has 3 N–H and O–H groups in total. The molecule has 0 spiro atoms. The van der Waals surface area contributed by atoms with Crippen molar-refractivity contribution >= 4 is 47.2 Å². The number of carboxylic acids is 3. The standard InChI is InChI=1S/C12H14O4.2C11H14O2S/c1-3-16-11-6-8(2)4-5-9(11)7-10(13)12(14)15;1-7(2)14-10-6-8(3)4-5-9(10)11(12)13;1-3-6-14-10-7-8(2)4-5-9(10)11(12)13/h4-6H,3,7H2,1-2H3,(H,14,15);4-7H,1-3H3,(H,12,13);4-5,7H,3,6H2,1-2H3,(H,12,13). The van der Waals surface area contributed by atoms with E-state index in [0.717, 1.165) is 38.7 Å². The van der Waals surface area contributed by atoms with Gasteiger partial charge in [0, 0.05) is 27.0 Å². The van der Waals surface area contributed by atoms with Gasteiger partial charge in [0.1, 0.15) is 5.75 Å². The summed E-state index contributed by atoms with van der Waals surface area (Å²) >= 11 is 3.20. The first kappa shape index (κ1) is 38.3. The van der Waals surface area contributed by atoms with Crippen LogP contribution in [0, 0.1) is 20.8 Å². The average molecular weight is 643 g/mol. The van der Waals surface area contributed by atoms with E-state index in [9.17, 15) is 19.2 Å². The van der Waals surface area contributed by atoms with E-state index >= 15 is 0 Å². The normalized spacial score (nSPS) is 10.2. The van der Waals surface area contributed by atoms with Crippen molar-refractivity contribution in [3.05, 3.63) is 88.0 Å². The van der Waals surface area contributed by atoms with Crippen LogP contribution in [0.5, 0.6) is 5.75 Å². The Labute approximate surface area is 268 Å². The molecule has 0 amide bonds. The van der Waals surface area contributed by atoms with Crippen LogP contribution in [-0.2, 0) is 16.0 Å². The average Bonchev–Trinajstić information content (AvgIpc) is 2.93. The molecule has 0 bridgehead atoms. The molecule has 44 heavy (non-hydrogen) atoms. The number of ether oxygens (including phenoxy) is 1. The lowest BCUT2D eigenvalue weighted by Gasteiger charge is -2.09. The highest BCUT2D eigenvalue weighted by molar-refractivity contribution is 8.00. The maximum absolute atomic E-state index is 11.1. The van der Waals surface area contributed by atoms with Crippen LogP contribution in [0.4, 0.5) is 0 Å². The maximum atomic E-state index is 11.1. The van der Waals surface area contributed by atoms with E-state index in [1.54, 1.807) is 47.8 Å². The van der Waals surface area contributed by atoms with Crippen molar-refractivity contribution < 1.29 is 39.2 Å². The predicted molar refractivity (Wildman–Crippen MR) is 177 cm³/mol. The predicted octanol–water partition coefficient (Wildman–Crippen LogP) is 7.98. The van der Waals surface area contributed by atoms with Crippen molar-refractivity contribution in [1.29, 1.82) is 0 Å². The molecule has 0 aliphatic rings. The molecule has 10 heteroatoms. The monoisotopic (exact) mass is 642 g/mol. The van der Waals surface area contributed by atoms with Crippen LogP contribution < -0.4 is 4.74 Å². The third kappa shape index (κ3) is 13.7. The van der Waals surface area contributed by atoms with Crippen molar-refractivity contribution in [2.45, 2.75) is 76.3 Å². The molecule has 8 nitrogen and oxygen atoms in total. The highest BCUT2D eigenvalue weighted by atomic mass is 32.2. The van der Waals surface area contributed by atoms with E-state index in [-0.39, 0.29) is 6.42 Å². The van der Waals surface area contributed by atoms with Gasteiger partial charge in [-0.25, -0.2) is 14.4 Å². The molecule has 238 valence electrons. The molecule has 0 saturated heterocycles. The summed E-state index contributed by atoms with van der Waals surface area (Å²) in [6.45, 7) is 14.4. The first-order valence-electron chi connectivity index (χ1n) is 14.2. The van der Waals surface area contributed by atoms with Gasteiger partial charge in [-0.3, -0.25) is 4.79 Å². The van der Waals surface area contributed by atoms with E-state index in [1.165, 1.54) is 0 Å². The summed E-state index contributed by atoms with van der Waals surface area (Å²) < 4.78 is 5.35. The zero-order valence-electron chi connectivity index (χ0n) is 26.3. The fourth-order valence-electron chi connectivity index (χ4n) is 3.64. The molecule has 0 aliphatic carbocycles. The Kier molecular flexibility index (Phi) is 17.0. The lowest BCUT2D eigenvalue weighted by Crippen LogP contribution is -2.15. The summed E-state index contributed by atoms with van der Waals surface area (Å²) in [6, 6.07) is 16.2. The molecule has 0 atom stereocenters. The molecule has 0 aliphatic heterocycles. The molecule has 0 heterocycles. The van der Waals surface area contributed by atoms with Gasteiger partial charge in [0.15, 0.2) is 0 Å². The molecule has 0 fully saturated rings. The van der Waals surface area contributed by atoms with Gasteiger partial charge in [0.05, 0.1) is 17.7 Å². The number of aliphatic carboxylic acids is 1. The number of aromatic carboxylic acids is 2. The number of rotatable bonds is 12. The number of carboxylic acid groups (broad SMARTS) is 3. The van der Waals surface area contributed by atoms with Crippen LogP contribution in [0.25, 0.3) is 0 Å². The Balaban J connectivity index is 0.000000331. The second-order valence-electron chi connectivity index (χ2n) is 10.1. The number of hydrogen-bond acceptors (Lipinski definition) is 7. The van der Waals surface area contributed by atoms with E-state index in [4.69, 9.17) is 20.1 Å². The summed E-state index contributed by atoms with van der Waals surface area (Å²) in [5.41, 5.74) is 4.63. The maximum Gasteiger partial charge on any atom is 0.372 e. The van der Waals surface area contributed by atoms with Gasteiger partial charge in [-0.15, -0.1) is 23.5 Å². The topological polar surface area (TPSA) is 138 Å². The smallest absolute Gasteiger partial charge is 0.372 e. The molecule has 3 aromatic rings. The Morgan fingerprint density at radius 2 is 1.25 bits per heavy atom. The fraction of sp³-hybridized carbons (Fsp3) is 0.353. The Morgan fingerprint density at radius 3 is 1.73 bits per heavy atom. The van der Waals surface area contributed by atoms with Gasteiger partial charge in [0.2, 0.25) is 5.78 Å². The molecule has 3 rings (SSSR count). The molecule has 0 unspecified atom stereocenters. The number of ketones is 1. The summed E-state index contributed by atoms with van der Waals surface area (Å²) in [5.74, 6) is -2.40. The van der Waals surface area contributed by atoms with E-state index in [2.05, 4.69) is 20.8 Å². The minimum absolute atomic E-state index is 0.134. The summed E-state index contributed by atoms with van der Waals surface area (Å²) in [6.07, 6.45) is 0.919. The number of carbonyl (C=O) groups is 4. The van der Waals surface area contributed by atoms with Gasteiger partial charge in [-0.2, -0.15) is 0 Å². The van der Waals surface area contributed by atoms with Crippen molar-refractivity contribution in [2.24, 2.45) is 0 Å². The van der Waals surface area contributed by atoms with Crippen LogP contribution in [0.2, 0.25) is 0 Å². The number of benzene rings is 3. The lowest BCUT2D eigenvalue weighted by atomic mass is 10.1. The number of Topliss-reactive ketones (excluding diaryl/α,β-unsaturated/α-hetero) is 1. The number of carbonyl (C=O) groups excluding carboxylic acids is 1. The molecule has 3 aromatic carbocycles. The minimum Gasteiger partial charge on any atom is -0.494 e. The van der Waals surface area contributed by atoms with Crippen molar-refractivity contribution in [1.82, 2.24) is 0 Å². The van der Waals surface area contributed by atoms with Gasteiger partial charge in [0.25, 0.3) is 0 Å². The molecule has 0 aromatic heterocycles. The van der Waals surface area contributed by atoms with Gasteiger partial charge >= 0.3 is 17.9 Å². The zero-order chi connectivity index (χ0) is 33.4. The second kappa shape index (κ2) is 19.5. The van der Waals surface area contributed by atoms with Crippen LogP contribution in [0.1, 0.15) is 77.1 Å². The third-order valence-electron chi connectivity index (χ3n) is 5.67. The summed E-state index contributed by atoms with van der Waals surface area (Å²) in [4.78, 5) is 45.1. The first-order chi connectivity index (χ1) is 20.7. The molecule has 0 saturated carbocycles. The van der Waals surface area contributed by atoms with E-state index in [0.29, 0.717) is 34.3 Å². The van der Waals surface area contributed by atoms with Crippen molar-refractivity contribution in [3.8, 4) is 5.75 Å². The third-order valence-corrected chi connectivity index (χ3v) is 8.00. The van der Waals surface area contributed by atoms with E-state index < -0.39 is 23.7 Å². The van der Waals surface area contributed by atoms with Crippen LogP contribution in [0.3, 0.4) is 0 Å². The zero-order valence-corrected chi connectivity index (χ0v) is 27.9. The Bertz CT molecular complexity index is 1430. The molecular formula is C34H42O8S2. The van der Waals surface area contributed by atoms with Crippen LogP contribution in [0.15, 0.2) is 64.4 Å². The largest absolute Gasteiger partial charge is 0.494 e. The molecular weight excluding hydrogens is 601 g/mol. The Hall–Kier alpha value is -3.76. The Morgan fingerprint density at radius 1 is 0.750 bits per heavy atom. The number of thioether (sulfide) groups is 2. The minimum atomic E-state index is -1.41. The number of hydrogen-bond donors (Lipinski definition) is 3. The fourth-order valence-corrected chi connectivity index (χ4v) is 5.69. The van der Waals surface area contributed by atoms with Gasteiger partial charge < -0.3 is 20.1 Å². The van der Waals surface area contributed by atoms with E-state index in [1.807, 2.05) is 58.0 Å². The van der Waals surface area contributed by atoms with Crippen LogP contribution >= 0.6 is 23.5 Å². The summed E-state index contributed by atoms with van der Waals surface area (Å²) in [5, 5.41) is 26.8. The van der Waals surface area contributed by atoms with Crippen LogP contribution in [-0.4, -0.2) is 56.6 Å². The SMILES string of the molecule is CCCSc1cc(C)ccc1C(=O)O.CCOc1cc(C)ccc1CC(=O)C(=O)O.Cc1ccc(C(=O)O)c(SC(C)C)c1. The summed E-state index contributed by atoms with van der Waals surface area (Å²) in [7, 11) is 0. The highest BCUT2D eigenvalue weighted by Crippen LogP contribution is 2.28. The lowest BCUT2D eigenvalue weighted by molar-refractivity contribution is -0.148. The quantitative estimate of drug-likeness (QED) is 0.132. The first-order valence-corrected chi connectivity index (χ1v) is 16.0. The second-order valence-corrected chi connectivity index (χ2v) is 12.8. The number of aryl methyl sites for hydroxylation is 3. The highest BCUT2D eigenvalue weighted by Gasteiger charge is 2.15. The van der Waals surface area contributed by atoms with Crippen molar-refractivity contribution in [2.75, 3.05) is 12.4 Å². The van der Waals surface area contributed by atoms with Crippen molar-refractivity contribution in [3.63, 3.8) is 0 Å². The van der Waals surface area contributed by atoms with Gasteiger partial charge in [-0.1, -0.05) is 45.0 Å². The molecule has 0 radical (unpaired) electrons. The van der Waals surface area contributed by atoms with Gasteiger partial charge in [-0.05, 0) is 86.9 Å².